The number of hydrogen-bond acceptors (Lipinski definition) is 0. The van der Waals surface area contributed by atoms with Gasteiger partial charge in [0.25, 0.3) is 0 Å². The number of hydrogen-bond donors (Lipinski definition) is 0. The topological polar surface area (TPSA) is 0 Å². The molecule has 3 rings (SSSR count). The maximum Gasteiger partial charge on any atom is 0.141 e. The first-order valence-electron chi connectivity index (χ1n) is 9.17. The second-order valence-electron chi connectivity index (χ2n) is 7.47. The molecule has 0 N–H and O–H groups in total. The third kappa shape index (κ3) is 3.48. The van der Waals surface area contributed by atoms with Crippen molar-refractivity contribution >= 4 is 0 Å². The van der Waals surface area contributed by atoms with Gasteiger partial charge in [0.1, 0.15) is 24.7 Å². The number of alkyl halides is 4. The summed E-state index contributed by atoms with van der Waals surface area (Å²) in [6.07, 6.45) is -2.56. The fourth-order valence-corrected chi connectivity index (χ4v) is 4.36. The summed E-state index contributed by atoms with van der Waals surface area (Å²) in [7, 11) is 0. The quantitative estimate of drug-likeness (QED) is 0.573. The zero-order chi connectivity index (χ0) is 17.3. The van der Waals surface area contributed by atoms with Gasteiger partial charge < -0.3 is 0 Å². The predicted molar refractivity (Wildman–Crippen MR) is 88.4 cm³/mol. The molecule has 0 heterocycles. The third-order valence-corrected chi connectivity index (χ3v) is 6.04. The van der Waals surface area contributed by atoms with Crippen LogP contribution in [-0.4, -0.2) is 24.7 Å². The van der Waals surface area contributed by atoms with Crippen molar-refractivity contribution in [3.63, 3.8) is 0 Å². The fraction of sp³-hybridized carbons (Fsp3) is 0.700. The minimum Gasteiger partial charge on any atom is -0.244 e. The van der Waals surface area contributed by atoms with E-state index in [2.05, 4.69) is 6.92 Å². The van der Waals surface area contributed by atoms with Crippen LogP contribution in [0.5, 0.6) is 0 Å². The molecule has 134 valence electrons. The van der Waals surface area contributed by atoms with Crippen LogP contribution < -0.4 is 0 Å². The van der Waals surface area contributed by atoms with Gasteiger partial charge in [-0.1, -0.05) is 37.6 Å². The Morgan fingerprint density at radius 2 is 1.29 bits per heavy atom. The molecule has 0 saturated heterocycles. The standard InChI is InChI=1S/C20H26F4/c1-2-12-3-5-13(6-4-12)14-7-9-15(10-8-14)18-19(23)16(21)11-17(22)20(18)24/h7-10,12-13,16-20H,2-6,11H2,1H3/t12?,13?,16-,17+,18?,19-,20+. The normalized spacial score (nSPS) is 40.5. The lowest BCUT2D eigenvalue weighted by atomic mass is 9.76. The molecule has 0 nitrogen and oxygen atoms in total. The smallest absolute Gasteiger partial charge is 0.141 e. The summed E-state index contributed by atoms with van der Waals surface area (Å²) in [5, 5.41) is 0. The van der Waals surface area contributed by atoms with Crippen LogP contribution in [0.4, 0.5) is 17.6 Å². The van der Waals surface area contributed by atoms with Gasteiger partial charge >= 0.3 is 0 Å². The van der Waals surface area contributed by atoms with Gasteiger partial charge in [-0.15, -0.1) is 0 Å². The van der Waals surface area contributed by atoms with E-state index in [0.29, 0.717) is 11.5 Å². The highest BCUT2D eigenvalue weighted by Crippen LogP contribution is 2.41. The highest BCUT2D eigenvalue weighted by molar-refractivity contribution is 5.30. The van der Waals surface area contributed by atoms with Crippen molar-refractivity contribution in [1.29, 1.82) is 0 Å². The summed E-state index contributed by atoms with van der Waals surface area (Å²) >= 11 is 0. The molecule has 0 amide bonds. The van der Waals surface area contributed by atoms with Crippen LogP contribution in [0.1, 0.15) is 68.4 Å². The van der Waals surface area contributed by atoms with Crippen molar-refractivity contribution in [1.82, 2.24) is 0 Å². The minimum atomic E-state index is -1.97. The van der Waals surface area contributed by atoms with Gasteiger partial charge in [0.05, 0.1) is 5.92 Å². The molecule has 0 spiro atoms. The summed E-state index contributed by atoms with van der Waals surface area (Å²) in [5.74, 6) is -0.0441. The van der Waals surface area contributed by atoms with E-state index < -0.39 is 37.0 Å². The zero-order valence-electron chi connectivity index (χ0n) is 14.1. The molecule has 2 aliphatic carbocycles. The molecule has 0 bridgehead atoms. The number of benzene rings is 1. The molecule has 1 aromatic rings. The van der Waals surface area contributed by atoms with Crippen molar-refractivity contribution < 1.29 is 17.6 Å². The third-order valence-electron chi connectivity index (χ3n) is 6.04. The molecular formula is C20H26F4. The second-order valence-corrected chi connectivity index (χ2v) is 7.47. The largest absolute Gasteiger partial charge is 0.244 e. The summed E-state index contributed by atoms with van der Waals surface area (Å²) in [4.78, 5) is 0. The number of halogens is 4. The van der Waals surface area contributed by atoms with Gasteiger partial charge in [-0.05, 0) is 48.6 Å². The lowest BCUT2D eigenvalue weighted by Gasteiger charge is -2.34. The van der Waals surface area contributed by atoms with Gasteiger partial charge in [0, 0.05) is 6.42 Å². The molecule has 0 aliphatic heterocycles. The van der Waals surface area contributed by atoms with Gasteiger partial charge in [-0.2, -0.15) is 0 Å². The average molecular weight is 342 g/mol. The van der Waals surface area contributed by atoms with Crippen molar-refractivity contribution in [3.05, 3.63) is 35.4 Å². The molecule has 5 atom stereocenters. The Labute approximate surface area is 141 Å². The number of rotatable bonds is 3. The van der Waals surface area contributed by atoms with Crippen molar-refractivity contribution in [2.45, 2.75) is 82.0 Å². The molecule has 4 heteroatoms. The highest BCUT2D eigenvalue weighted by Gasteiger charge is 2.47. The Hall–Kier alpha value is -1.06. The summed E-state index contributed by atoms with van der Waals surface area (Å²) in [6, 6.07) is 7.10. The molecule has 1 unspecified atom stereocenters. The summed E-state index contributed by atoms with van der Waals surface area (Å²) in [6.45, 7) is 2.22. The summed E-state index contributed by atoms with van der Waals surface area (Å²) < 4.78 is 55.4. The molecule has 2 aliphatic rings. The lowest BCUT2D eigenvalue weighted by molar-refractivity contribution is -0.00571. The van der Waals surface area contributed by atoms with Crippen molar-refractivity contribution in [2.24, 2.45) is 5.92 Å². The molecular weight excluding hydrogens is 316 g/mol. The van der Waals surface area contributed by atoms with Crippen LogP contribution in [0.2, 0.25) is 0 Å². The Kier molecular flexibility index (Phi) is 5.51. The molecule has 0 aromatic heterocycles. The van der Waals surface area contributed by atoms with E-state index in [1.165, 1.54) is 24.8 Å². The van der Waals surface area contributed by atoms with Crippen LogP contribution >= 0.6 is 0 Å². The van der Waals surface area contributed by atoms with Crippen LogP contribution in [0, 0.1) is 5.92 Å². The SMILES string of the molecule is CCC1CCC(c2ccc(C3[C@@H](F)[C@@H](F)C[C@@H](F)[C@H]3F)cc2)CC1. The average Bonchev–Trinajstić information content (AvgIpc) is 2.61. The van der Waals surface area contributed by atoms with Gasteiger partial charge in [-0.25, -0.2) is 17.6 Å². The monoisotopic (exact) mass is 342 g/mol. The van der Waals surface area contributed by atoms with E-state index in [1.807, 2.05) is 12.1 Å². The maximum atomic E-state index is 14.1. The minimum absolute atomic E-state index is 0.367. The van der Waals surface area contributed by atoms with Crippen LogP contribution in [0.3, 0.4) is 0 Å². The van der Waals surface area contributed by atoms with Gasteiger partial charge in [0.2, 0.25) is 0 Å². The Balaban J connectivity index is 1.72. The van der Waals surface area contributed by atoms with Gasteiger partial charge in [-0.3, -0.25) is 0 Å². The fourth-order valence-electron chi connectivity index (χ4n) is 4.36. The lowest BCUT2D eigenvalue weighted by Crippen LogP contribution is -2.43. The Morgan fingerprint density at radius 3 is 1.79 bits per heavy atom. The van der Waals surface area contributed by atoms with Crippen LogP contribution in [0.15, 0.2) is 24.3 Å². The zero-order valence-corrected chi connectivity index (χ0v) is 14.1. The van der Waals surface area contributed by atoms with Crippen molar-refractivity contribution in [2.75, 3.05) is 0 Å². The van der Waals surface area contributed by atoms with E-state index >= 15 is 0 Å². The molecule has 24 heavy (non-hydrogen) atoms. The first-order valence-corrected chi connectivity index (χ1v) is 9.17. The van der Waals surface area contributed by atoms with E-state index in [1.54, 1.807) is 12.1 Å². The molecule has 2 fully saturated rings. The van der Waals surface area contributed by atoms with Gasteiger partial charge in [0.15, 0.2) is 0 Å². The Bertz CT molecular complexity index is 507. The first kappa shape index (κ1) is 17.8. The first-order chi connectivity index (χ1) is 11.5. The molecule has 1 aromatic carbocycles. The van der Waals surface area contributed by atoms with Crippen LogP contribution in [-0.2, 0) is 0 Å². The summed E-state index contributed by atoms with van der Waals surface area (Å²) in [5.41, 5.74) is 1.54. The molecule has 0 radical (unpaired) electrons. The Morgan fingerprint density at radius 1 is 0.792 bits per heavy atom. The molecule has 2 saturated carbocycles. The predicted octanol–water partition coefficient (Wildman–Crippen LogP) is 6.21. The van der Waals surface area contributed by atoms with E-state index in [0.717, 1.165) is 18.8 Å². The van der Waals surface area contributed by atoms with Crippen molar-refractivity contribution in [3.8, 4) is 0 Å². The van der Waals surface area contributed by atoms with E-state index in [-0.39, 0.29) is 0 Å². The highest BCUT2D eigenvalue weighted by atomic mass is 19.2. The van der Waals surface area contributed by atoms with E-state index in [4.69, 9.17) is 0 Å². The van der Waals surface area contributed by atoms with Crippen LogP contribution in [0.25, 0.3) is 0 Å². The second kappa shape index (κ2) is 7.45. The maximum absolute atomic E-state index is 14.1. The van der Waals surface area contributed by atoms with E-state index in [9.17, 15) is 17.6 Å².